The third-order valence-electron chi connectivity index (χ3n) is 3.60. The highest BCUT2D eigenvalue weighted by Gasteiger charge is 2.38. The summed E-state index contributed by atoms with van der Waals surface area (Å²) in [5.74, 6) is -1.41. The molecule has 0 aliphatic heterocycles. The molecule has 0 bridgehead atoms. The molecule has 0 aliphatic carbocycles. The summed E-state index contributed by atoms with van der Waals surface area (Å²) in [7, 11) is 0. The fourth-order valence-electron chi connectivity index (χ4n) is 2.06. The Morgan fingerprint density at radius 3 is 2.12 bits per heavy atom. The highest BCUT2D eigenvalue weighted by atomic mass is 19.4. The van der Waals surface area contributed by atoms with Crippen LogP contribution in [0.25, 0.3) is 0 Å². The van der Waals surface area contributed by atoms with Gasteiger partial charge in [-0.3, -0.25) is 9.59 Å². The van der Waals surface area contributed by atoms with E-state index < -0.39 is 24.2 Å². The molecule has 0 aromatic rings. The Kier molecular flexibility index (Phi) is 12.9. The summed E-state index contributed by atoms with van der Waals surface area (Å²) in [6, 6.07) is 0. The Labute approximate surface area is 147 Å². The quantitative estimate of drug-likeness (QED) is 0.243. The Morgan fingerprint density at radius 1 is 0.960 bits per heavy atom. The maximum atomic E-state index is 12.2. The van der Waals surface area contributed by atoms with Gasteiger partial charge in [0, 0.05) is 12.8 Å². The fraction of sp³-hybridized carbons (Fsp3) is 0.778. The van der Waals surface area contributed by atoms with Crippen LogP contribution in [0.1, 0.15) is 71.1 Å². The van der Waals surface area contributed by atoms with Crippen LogP contribution in [-0.2, 0) is 19.1 Å². The van der Waals surface area contributed by atoms with Gasteiger partial charge in [-0.25, -0.2) is 0 Å². The van der Waals surface area contributed by atoms with Gasteiger partial charge >= 0.3 is 18.1 Å². The molecule has 1 unspecified atom stereocenters. The molecule has 25 heavy (non-hydrogen) atoms. The highest BCUT2D eigenvalue weighted by Crippen LogP contribution is 2.22. The molecular weight excluding hydrogens is 337 g/mol. The number of halogens is 3. The van der Waals surface area contributed by atoms with Crippen molar-refractivity contribution in [2.45, 2.75) is 83.4 Å². The molecule has 0 rings (SSSR count). The van der Waals surface area contributed by atoms with Crippen molar-refractivity contribution in [3.63, 3.8) is 0 Å². The van der Waals surface area contributed by atoms with Gasteiger partial charge in [-0.05, 0) is 32.6 Å². The lowest BCUT2D eigenvalue weighted by molar-refractivity contribution is -0.216. The van der Waals surface area contributed by atoms with Crippen molar-refractivity contribution in [3.05, 3.63) is 12.7 Å². The molecular formula is C18H29F3O4. The van der Waals surface area contributed by atoms with Crippen molar-refractivity contribution >= 4 is 11.9 Å². The van der Waals surface area contributed by atoms with Gasteiger partial charge in [-0.15, -0.1) is 6.58 Å². The van der Waals surface area contributed by atoms with E-state index in [0.29, 0.717) is 6.61 Å². The molecule has 0 radical (unpaired) electrons. The third kappa shape index (κ3) is 14.5. The second-order valence-electron chi connectivity index (χ2n) is 5.95. The van der Waals surface area contributed by atoms with Crippen LogP contribution in [0.4, 0.5) is 13.2 Å². The number of esters is 2. The number of carbonyl (C=O) groups is 2. The van der Waals surface area contributed by atoms with Gasteiger partial charge in [0.25, 0.3) is 0 Å². The summed E-state index contributed by atoms with van der Waals surface area (Å²) in [5, 5.41) is 0. The van der Waals surface area contributed by atoms with Gasteiger partial charge in [0.05, 0.1) is 6.61 Å². The molecule has 4 nitrogen and oxygen atoms in total. The van der Waals surface area contributed by atoms with E-state index in [2.05, 4.69) is 11.3 Å². The molecule has 0 amide bonds. The van der Waals surface area contributed by atoms with E-state index in [1.54, 1.807) is 0 Å². The van der Waals surface area contributed by atoms with Gasteiger partial charge in [0.15, 0.2) is 6.10 Å². The number of hydrogen-bond donors (Lipinski definition) is 0. The largest absolute Gasteiger partial charge is 0.466 e. The van der Waals surface area contributed by atoms with E-state index in [4.69, 9.17) is 4.74 Å². The molecule has 0 aromatic carbocycles. The lowest BCUT2D eigenvalue weighted by atomic mass is 10.1. The van der Waals surface area contributed by atoms with Gasteiger partial charge in [-0.2, -0.15) is 13.2 Å². The van der Waals surface area contributed by atoms with E-state index in [1.807, 2.05) is 6.08 Å². The third-order valence-corrected chi connectivity index (χ3v) is 3.60. The molecule has 0 fully saturated rings. The minimum atomic E-state index is -4.57. The van der Waals surface area contributed by atoms with Gasteiger partial charge in [-0.1, -0.05) is 31.8 Å². The van der Waals surface area contributed by atoms with Crippen LogP contribution < -0.4 is 0 Å². The average molecular weight is 366 g/mol. The molecule has 0 spiro atoms. The smallest absolute Gasteiger partial charge is 0.425 e. The number of unbranched alkanes of at least 4 members (excludes halogenated alkanes) is 6. The Bertz CT molecular complexity index is 394. The monoisotopic (exact) mass is 366 g/mol. The normalized spacial score (nSPS) is 12.5. The van der Waals surface area contributed by atoms with E-state index in [-0.39, 0.29) is 19.3 Å². The van der Waals surface area contributed by atoms with Gasteiger partial charge in [0.2, 0.25) is 0 Å². The van der Waals surface area contributed by atoms with Crippen LogP contribution >= 0.6 is 0 Å². The van der Waals surface area contributed by atoms with Gasteiger partial charge in [0.1, 0.15) is 0 Å². The maximum Gasteiger partial charge on any atom is 0.425 e. The Balaban J connectivity index is 3.52. The summed E-state index contributed by atoms with van der Waals surface area (Å²) in [6.07, 6.45) is 2.49. The average Bonchev–Trinajstić information content (AvgIpc) is 2.52. The fourth-order valence-corrected chi connectivity index (χ4v) is 2.06. The zero-order chi connectivity index (χ0) is 19.1. The predicted octanol–water partition coefficient (Wildman–Crippen LogP) is 5.11. The second-order valence-corrected chi connectivity index (χ2v) is 5.95. The van der Waals surface area contributed by atoms with Crippen molar-refractivity contribution in [1.82, 2.24) is 0 Å². The molecule has 0 heterocycles. The number of allylic oxidation sites excluding steroid dienone is 1. The predicted molar refractivity (Wildman–Crippen MR) is 88.9 cm³/mol. The minimum absolute atomic E-state index is 0.00292. The summed E-state index contributed by atoms with van der Waals surface area (Å²) < 4.78 is 45.9. The van der Waals surface area contributed by atoms with E-state index in [9.17, 15) is 22.8 Å². The molecule has 0 saturated carbocycles. The molecule has 1 atom stereocenters. The number of alkyl halides is 3. The topological polar surface area (TPSA) is 52.6 Å². The highest BCUT2D eigenvalue weighted by molar-refractivity contribution is 5.72. The number of carbonyl (C=O) groups excluding carboxylic acids is 2. The molecule has 0 N–H and O–H groups in total. The van der Waals surface area contributed by atoms with Crippen LogP contribution in [0.2, 0.25) is 0 Å². The summed E-state index contributed by atoms with van der Waals surface area (Å²) >= 11 is 0. The van der Waals surface area contributed by atoms with Crippen LogP contribution in [0.5, 0.6) is 0 Å². The maximum absolute atomic E-state index is 12.2. The van der Waals surface area contributed by atoms with Crippen molar-refractivity contribution in [1.29, 1.82) is 0 Å². The minimum Gasteiger partial charge on any atom is -0.466 e. The first-order valence-corrected chi connectivity index (χ1v) is 8.80. The summed E-state index contributed by atoms with van der Waals surface area (Å²) in [6.45, 7) is 4.77. The van der Waals surface area contributed by atoms with Crippen molar-refractivity contribution in [2.75, 3.05) is 6.61 Å². The molecule has 146 valence electrons. The summed E-state index contributed by atoms with van der Waals surface area (Å²) in [5.41, 5.74) is 0. The van der Waals surface area contributed by atoms with Crippen LogP contribution in [0.15, 0.2) is 12.7 Å². The molecule has 7 heteroatoms. The Morgan fingerprint density at radius 2 is 1.52 bits per heavy atom. The zero-order valence-electron chi connectivity index (χ0n) is 14.9. The second kappa shape index (κ2) is 13.7. The lowest BCUT2D eigenvalue weighted by Gasteiger charge is -2.16. The molecule has 0 aromatic heterocycles. The van der Waals surface area contributed by atoms with Crippen molar-refractivity contribution in [3.8, 4) is 0 Å². The summed E-state index contributed by atoms with van der Waals surface area (Å²) in [4.78, 5) is 22.7. The van der Waals surface area contributed by atoms with Crippen molar-refractivity contribution in [2.24, 2.45) is 0 Å². The van der Waals surface area contributed by atoms with E-state index in [0.717, 1.165) is 45.4 Å². The zero-order valence-corrected chi connectivity index (χ0v) is 14.9. The van der Waals surface area contributed by atoms with Crippen LogP contribution in [-0.4, -0.2) is 30.8 Å². The lowest BCUT2D eigenvalue weighted by Crippen LogP contribution is -2.30. The first-order chi connectivity index (χ1) is 11.8. The van der Waals surface area contributed by atoms with E-state index in [1.165, 1.54) is 6.42 Å². The van der Waals surface area contributed by atoms with Crippen LogP contribution in [0, 0.1) is 0 Å². The number of rotatable bonds is 14. The Hall–Kier alpha value is -1.53. The van der Waals surface area contributed by atoms with Gasteiger partial charge < -0.3 is 9.47 Å². The van der Waals surface area contributed by atoms with Crippen LogP contribution in [0.3, 0.4) is 0 Å². The molecule has 0 aliphatic rings. The standard InChI is InChI=1S/C18H29F3O4/c1-3-4-5-6-7-8-9-10-14-24-16(22)12-11-13-17(23)25-15(2)18(19,20)21/h3,15H,1,4-14H2,2H3. The SMILES string of the molecule is C=CCCCCCCCCOC(=O)CCCC(=O)OC(C)C(F)(F)F. The first-order valence-electron chi connectivity index (χ1n) is 8.80. The first kappa shape index (κ1) is 23.5. The number of hydrogen-bond acceptors (Lipinski definition) is 4. The molecule has 0 saturated heterocycles. The van der Waals surface area contributed by atoms with Crippen molar-refractivity contribution < 1.29 is 32.2 Å². The number of ether oxygens (including phenoxy) is 2. The van der Waals surface area contributed by atoms with E-state index >= 15 is 0 Å².